The molecule has 0 spiro atoms. The zero-order chi connectivity index (χ0) is 11.8. The number of hydrogen-bond acceptors (Lipinski definition) is 3. The van der Waals surface area contributed by atoms with Crippen LogP contribution in [0.4, 0.5) is 0 Å². The lowest BCUT2D eigenvalue weighted by molar-refractivity contribution is -0.155. The van der Waals surface area contributed by atoms with Gasteiger partial charge in [-0.15, -0.1) is 6.58 Å². The number of rotatable bonds is 3. The fourth-order valence-corrected chi connectivity index (χ4v) is 2.60. The van der Waals surface area contributed by atoms with E-state index in [-0.39, 0.29) is 24.3 Å². The fourth-order valence-electron chi connectivity index (χ4n) is 2.60. The average Bonchev–Trinajstić information content (AvgIpc) is 2.84. The minimum Gasteiger partial charge on any atom is -0.467 e. The Morgan fingerprint density at radius 3 is 2.94 bits per heavy atom. The van der Waals surface area contributed by atoms with Crippen LogP contribution < -0.4 is 0 Å². The molecule has 0 saturated carbocycles. The molecule has 1 amide bonds. The highest BCUT2D eigenvalue weighted by Gasteiger charge is 2.55. The lowest BCUT2D eigenvalue weighted by atomic mass is 9.93. The van der Waals surface area contributed by atoms with Gasteiger partial charge in [0.2, 0.25) is 5.91 Å². The maximum absolute atomic E-state index is 11.9. The van der Waals surface area contributed by atoms with Crippen molar-refractivity contribution in [2.45, 2.75) is 30.8 Å². The van der Waals surface area contributed by atoms with E-state index in [1.807, 2.05) is 6.08 Å². The number of hydrogen-bond donors (Lipinski definition) is 0. The Kier molecular flexibility index (Phi) is 2.58. The summed E-state index contributed by atoms with van der Waals surface area (Å²) in [5.41, 5.74) is -0.848. The third kappa shape index (κ3) is 1.29. The summed E-state index contributed by atoms with van der Waals surface area (Å²) in [5, 5.41) is 0. The monoisotopic (exact) mass is 221 g/mol. The number of carbonyl (C=O) groups excluding carboxylic acids is 2. The molecule has 0 radical (unpaired) electrons. The second kappa shape index (κ2) is 3.77. The number of ether oxygens (including phenoxy) is 1. The van der Waals surface area contributed by atoms with Crippen LogP contribution in [0.1, 0.15) is 19.3 Å². The van der Waals surface area contributed by atoms with Crippen LogP contribution in [-0.4, -0.2) is 35.5 Å². The molecular weight excluding hydrogens is 206 g/mol. The van der Waals surface area contributed by atoms with Crippen molar-refractivity contribution in [3.05, 3.63) is 24.8 Å². The van der Waals surface area contributed by atoms with Gasteiger partial charge >= 0.3 is 5.97 Å². The first-order valence-electron chi connectivity index (χ1n) is 5.36. The largest absolute Gasteiger partial charge is 0.467 e. The molecule has 4 nitrogen and oxygen atoms in total. The van der Waals surface area contributed by atoms with Crippen molar-refractivity contribution >= 4 is 11.9 Å². The first-order valence-corrected chi connectivity index (χ1v) is 5.36. The van der Waals surface area contributed by atoms with Gasteiger partial charge in [-0.05, 0) is 18.9 Å². The smallest absolute Gasteiger partial charge is 0.335 e. The topological polar surface area (TPSA) is 46.6 Å². The highest BCUT2D eigenvalue weighted by molar-refractivity contribution is 5.92. The second-order valence-electron chi connectivity index (χ2n) is 4.14. The van der Waals surface area contributed by atoms with Gasteiger partial charge < -0.3 is 9.64 Å². The Labute approximate surface area is 94.6 Å². The molecule has 0 aromatic heterocycles. The minimum absolute atomic E-state index is 0.0477. The summed E-state index contributed by atoms with van der Waals surface area (Å²) in [4.78, 5) is 25.4. The highest BCUT2D eigenvalue weighted by Crippen LogP contribution is 2.42. The highest BCUT2D eigenvalue weighted by atomic mass is 16.5. The van der Waals surface area contributed by atoms with Gasteiger partial charge in [-0.1, -0.05) is 12.2 Å². The first-order chi connectivity index (χ1) is 7.65. The molecule has 0 N–H and O–H groups in total. The Balaban J connectivity index is 2.29. The molecule has 0 aliphatic carbocycles. The van der Waals surface area contributed by atoms with Gasteiger partial charge in [0.05, 0.1) is 13.2 Å². The Morgan fingerprint density at radius 2 is 2.44 bits per heavy atom. The van der Waals surface area contributed by atoms with Crippen molar-refractivity contribution in [2.24, 2.45) is 0 Å². The second-order valence-corrected chi connectivity index (χ2v) is 4.14. The van der Waals surface area contributed by atoms with E-state index in [9.17, 15) is 9.59 Å². The molecule has 0 aromatic rings. The molecule has 2 aliphatic heterocycles. The summed E-state index contributed by atoms with van der Waals surface area (Å²) >= 11 is 0. The predicted molar refractivity (Wildman–Crippen MR) is 58.6 cm³/mol. The van der Waals surface area contributed by atoms with Crippen LogP contribution in [0.3, 0.4) is 0 Å². The van der Waals surface area contributed by atoms with Gasteiger partial charge in [-0.3, -0.25) is 4.79 Å². The molecule has 2 rings (SSSR count). The molecule has 2 bridgehead atoms. The summed E-state index contributed by atoms with van der Waals surface area (Å²) in [7, 11) is 1.35. The van der Waals surface area contributed by atoms with Gasteiger partial charge in [-0.25, -0.2) is 4.79 Å². The lowest BCUT2D eigenvalue weighted by Crippen LogP contribution is -2.51. The maximum atomic E-state index is 11.9. The van der Waals surface area contributed by atoms with Crippen molar-refractivity contribution < 1.29 is 14.3 Å². The van der Waals surface area contributed by atoms with Gasteiger partial charge in [0.25, 0.3) is 0 Å². The van der Waals surface area contributed by atoms with E-state index in [0.717, 1.165) is 6.42 Å². The number of methoxy groups -OCH3 is 1. The fraction of sp³-hybridized carbons (Fsp3) is 0.500. The Morgan fingerprint density at radius 1 is 1.69 bits per heavy atom. The molecule has 0 unspecified atom stereocenters. The lowest BCUT2D eigenvalue weighted by Gasteiger charge is -2.31. The first kappa shape index (κ1) is 10.9. The normalized spacial score (nSPS) is 30.6. The van der Waals surface area contributed by atoms with Crippen LogP contribution in [0.25, 0.3) is 0 Å². The third-order valence-corrected chi connectivity index (χ3v) is 3.30. The third-order valence-electron chi connectivity index (χ3n) is 3.30. The van der Waals surface area contributed by atoms with E-state index in [0.29, 0.717) is 6.42 Å². The molecule has 1 fully saturated rings. The number of esters is 1. The van der Waals surface area contributed by atoms with E-state index < -0.39 is 5.54 Å². The van der Waals surface area contributed by atoms with Crippen LogP contribution in [-0.2, 0) is 14.3 Å². The van der Waals surface area contributed by atoms with Crippen LogP contribution in [0, 0.1) is 0 Å². The molecule has 16 heavy (non-hydrogen) atoms. The van der Waals surface area contributed by atoms with Crippen LogP contribution in [0.15, 0.2) is 24.8 Å². The average molecular weight is 221 g/mol. The van der Waals surface area contributed by atoms with E-state index >= 15 is 0 Å². The number of fused-ring (bicyclic) bond motifs is 2. The standard InChI is InChI=1S/C12H15NO3/c1-3-4-10(14)13-9-5-7-12(13,8-6-9)11(15)16-2/h3,5,7,9H,1,4,6,8H2,2H3/t9-,12+/m0/s1. The summed E-state index contributed by atoms with van der Waals surface area (Å²) in [6, 6.07) is 0.0477. The van der Waals surface area contributed by atoms with E-state index in [4.69, 9.17) is 4.74 Å². The molecular formula is C12H15NO3. The number of carbonyl (C=O) groups is 2. The van der Waals surface area contributed by atoms with Crippen LogP contribution >= 0.6 is 0 Å². The van der Waals surface area contributed by atoms with E-state index in [1.165, 1.54) is 7.11 Å². The quantitative estimate of drug-likeness (QED) is 0.528. The maximum Gasteiger partial charge on any atom is 0.335 e. The zero-order valence-electron chi connectivity index (χ0n) is 9.31. The van der Waals surface area contributed by atoms with Gasteiger partial charge in [0, 0.05) is 6.42 Å². The van der Waals surface area contributed by atoms with Gasteiger partial charge in [0.15, 0.2) is 5.54 Å². The van der Waals surface area contributed by atoms with Crippen LogP contribution in [0.5, 0.6) is 0 Å². The number of nitrogens with zero attached hydrogens (tertiary/aromatic N) is 1. The van der Waals surface area contributed by atoms with Gasteiger partial charge in [0.1, 0.15) is 0 Å². The van der Waals surface area contributed by atoms with Crippen molar-refractivity contribution in [3.63, 3.8) is 0 Å². The molecule has 2 atom stereocenters. The van der Waals surface area contributed by atoms with Gasteiger partial charge in [-0.2, -0.15) is 0 Å². The van der Waals surface area contributed by atoms with E-state index in [2.05, 4.69) is 6.58 Å². The minimum atomic E-state index is -0.848. The van der Waals surface area contributed by atoms with Crippen molar-refractivity contribution in [2.75, 3.05) is 7.11 Å². The van der Waals surface area contributed by atoms with Crippen molar-refractivity contribution in [1.82, 2.24) is 4.90 Å². The molecule has 86 valence electrons. The summed E-state index contributed by atoms with van der Waals surface area (Å²) in [6.45, 7) is 3.55. The van der Waals surface area contributed by atoms with E-state index in [1.54, 1.807) is 17.1 Å². The summed E-state index contributed by atoms with van der Waals surface area (Å²) < 4.78 is 4.80. The van der Waals surface area contributed by atoms with Crippen molar-refractivity contribution in [3.8, 4) is 0 Å². The molecule has 1 saturated heterocycles. The SMILES string of the molecule is C=CCC(=O)N1[C@H]2C=C[C@]1(C(=O)OC)CC2. The van der Waals surface area contributed by atoms with Crippen LogP contribution in [0.2, 0.25) is 0 Å². The molecule has 4 heteroatoms. The predicted octanol–water partition coefficient (Wildman–Crippen LogP) is 1.04. The molecule has 2 heterocycles. The number of amides is 1. The Hall–Kier alpha value is -1.58. The molecule has 0 aromatic carbocycles. The Bertz CT molecular complexity index is 374. The zero-order valence-corrected chi connectivity index (χ0v) is 9.31. The summed E-state index contributed by atoms with van der Waals surface area (Å²) in [5.74, 6) is -0.408. The molecule has 2 aliphatic rings. The van der Waals surface area contributed by atoms with Crippen molar-refractivity contribution in [1.29, 1.82) is 0 Å². The summed E-state index contributed by atoms with van der Waals surface area (Å²) in [6.07, 6.45) is 7.02.